The Morgan fingerprint density at radius 2 is 1.86 bits per heavy atom. The normalized spacial score (nSPS) is 15.9. The first-order chi connectivity index (χ1) is 13.3. The molecule has 3 rings (SSSR count). The van der Waals surface area contributed by atoms with Gasteiger partial charge in [-0.15, -0.1) is 0 Å². The van der Waals surface area contributed by atoms with Crippen LogP contribution < -0.4 is 5.32 Å². The monoisotopic (exact) mass is 401 g/mol. The SMILES string of the molecule is CC(C)C(OCc1cccc(Cl)c1)C(=O)NC1(c2ccc(C(=O)O)cc2)CC1. The number of hydrogen-bond donors (Lipinski definition) is 2. The Hall–Kier alpha value is -2.37. The standard InChI is InChI=1S/C22H24ClNO4/c1-14(2)19(28-13-15-4-3-5-18(23)12-15)20(25)24-22(10-11-22)17-8-6-16(7-9-17)21(26)27/h3-9,12,14,19H,10-11,13H2,1-2H3,(H,24,25)(H,26,27). The van der Waals surface area contributed by atoms with Gasteiger partial charge in [0.15, 0.2) is 0 Å². The molecule has 0 aromatic heterocycles. The lowest BCUT2D eigenvalue weighted by Gasteiger charge is -2.25. The summed E-state index contributed by atoms with van der Waals surface area (Å²) in [6, 6.07) is 14.1. The van der Waals surface area contributed by atoms with Crippen LogP contribution in [0.5, 0.6) is 0 Å². The number of hydrogen-bond acceptors (Lipinski definition) is 3. The minimum atomic E-state index is -0.963. The maximum Gasteiger partial charge on any atom is 0.335 e. The largest absolute Gasteiger partial charge is 0.478 e. The maximum atomic E-state index is 12.9. The fraction of sp³-hybridized carbons (Fsp3) is 0.364. The van der Waals surface area contributed by atoms with Crippen molar-refractivity contribution in [1.29, 1.82) is 0 Å². The second-order valence-electron chi connectivity index (χ2n) is 7.56. The van der Waals surface area contributed by atoms with Crippen LogP contribution in [0.15, 0.2) is 48.5 Å². The molecule has 2 aromatic carbocycles. The summed E-state index contributed by atoms with van der Waals surface area (Å²) in [5.74, 6) is -1.11. The van der Waals surface area contributed by atoms with E-state index in [1.54, 1.807) is 30.3 Å². The Morgan fingerprint density at radius 3 is 2.39 bits per heavy atom. The molecule has 28 heavy (non-hydrogen) atoms. The van der Waals surface area contributed by atoms with Crippen molar-refractivity contribution in [2.45, 2.75) is 44.9 Å². The van der Waals surface area contributed by atoms with Crippen molar-refractivity contribution in [2.75, 3.05) is 0 Å². The molecule has 6 heteroatoms. The van der Waals surface area contributed by atoms with Gasteiger partial charge < -0.3 is 15.2 Å². The fourth-order valence-electron chi connectivity index (χ4n) is 3.23. The zero-order valence-electron chi connectivity index (χ0n) is 15.9. The fourth-order valence-corrected chi connectivity index (χ4v) is 3.45. The zero-order valence-corrected chi connectivity index (χ0v) is 16.7. The Balaban J connectivity index is 1.67. The summed E-state index contributed by atoms with van der Waals surface area (Å²) in [7, 11) is 0. The molecule has 1 atom stereocenters. The molecular formula is C22H24ClNO4. The maximum absolute atomic E-state index is 12.9. The number of rotatable bonds is 8. The molecule has 0 radical (unpaired) electrons. The van der Waals surface area contributed by atoms with Gasteiger partial charge >= 0.3 is 5.97 Å². The summed E-state index contributed by atoms with van der Waals surface area (Å²) in [4.78, 5) is 24.0. The van der Waals surface area contributed by atoms with Crippen LogP contribution in [-0.2, 0) is 21.7 Å². The van der Waals surface area contributed by atoms with Gasteiger partial charge in [0.25, 0.3) is 0 Å². The number of carboxylic acid groups (broad SMARTS) is 1. The van der Waals surface area contributed by atoms with Crippen molar-refractivity contribution in [1.82, 2.24) is 5.32 Å². The molecule has 1 amide bonds. The molecule has 1 saturated carbocycles. The Bertz CT molecular complexity index is 859. The average Bonchev–Trinajstić information content (AvgIpc) is 3.42. The van der Waals surface area contributed by atoms with Gasteiger partial charge in [-0.25, -0.2) is 4.79 Å². The van der Waals surface area contributed by atoms with Crippen molar-refractivity contribution in [3.05, 3.63) is 70.2 Å². The summed E-state index contributed by atoms with van der Waals surface area (Å²) in [6.45, 7) is 4.20. The number of amides is 1. The third-order valence-corrected chi connectivity index (χ3v) is 5.21. The number of carbonyl (C=O) groups excluding carboxylic acids is 1. The van der Waals surface area contributed by atoms with E-state index in [1.165, 1.54) is 0 Å². The molecule has 0 bridgehead atoms. The predicted octanol–water partition coefficient (Wildman–Crippen LogP) is 4.38. The van der Waals surface area contributed by atoms with Crippen LogP contribution in [0.3, 0.4) is 0 Å². The summed E-state index contributed by atoms with van der Waals surface area (Å²) in [5, 5.41) is 12.8. The second kappa shape index (κ2) is 8.33. The highest BCUT2D eigenvalue weighted by Gasteiger charge is 2.46. The molecule has 0 heterocycles. The first-order valence-electron chi connectivity index (χ1n) is 9.33. The molecule has 1 aliphatic carbocycles. The number of benzene rings is 2. The number of halogens is 1. The quantitative estimate of drug-likeness (QED) is 0.688. The smallest absolute Gasteiger partial charge is 0.335 e. The van der Waals surface area contributed by atoms with Crippen molar-refractivity contribution in [2.24, 2.45) is 5.92 Å². The van der Waals surface area contributed by atoms with E-state index in [9.17, 15) is 9.59 Å². The van der Waals surface area contributed by atoms with Crippen LogP contribution in [0.2, 0.25) is 5.02 Å². The van der Waals surface area contributed by atoms with E-state index in [1.807, 2.05) is 32.0 Å². The lowest BCUT2D eigenvalue weighted by Crippen LogP contribution is -2.44. The van der Waals surface area contributed by atoms with Crippen molar-refractivity contribution in [3.63, 3.8) is 0 Å². The van der Waals surface area contributed by atoms with E-state index in [0.29, 0.717) is 11.6 Å². The van der Waals surface area contributed by atoms with Crippen molar-refractivity contribution >= 4 is 23.5 Å². The van der Waals surface area contributed by atoms with Gasteiger partial charge in [-0.3, -0.25) is 4.79 Å². The van der Waals surface area contributed by atoms with E-state index in [0.717, 1.165) is 24.0 Å². The molecule has 1 fully saturated rings. The van der Waals surface area contributed by atoms with Crippen LogP contribution >= 0.6 is 11.6 Å². The Kier molecular flexibility index (Phi) is 6.06. The third-order valence-electron chi connectivity index (χ3n) is 4.98. The van der Waals surface area contributed by atoms with Gasteiger partial charge in [-0.1, -0.05) is 49.7 Å². The molecule has 0 spiro atoms. The molecule has 0 aliphatic heterocycles. The van der Waals surface area contributed by atoms with E-state index < -0.39 is 17.6 Å². The van der Waals surface area contributed by atoms with Crippen molar-refractivity contribution in [3.8, 4) is 0 Å². The Morgan fingerprint density at radius 1 is 1.18 bits per heavy atom. The predicted molar refractivity (Wildman–Crippen MR) is 107 cm³/mol. The van der Waals surface area contributed by atoms with Gasteiger partial charge in [0.1, 0.15) is 6.10 Å². The average molecular weight is 402 g/mol. The summed E-state index contributed by atoms with van der Waals surface area (Å²) in [5.41, 5.74) is 1.64. The van der Waals surface area contributed by atoms with E-state index >= 15 is 0 Å². The van der Waals surface area contributed by atoms with Crippen LogP contribution in [0.1, 0.15) is 48.2 Å². The summed E-state index contributed by atoms with van der Waals surface area (Å²) < 4.78 is 5.92. The van der Waals surface area contributed by atoms with Crippen molar-refractivity contribution < 1.29 is 19.4 Å². The molecule has 1 aliphatic rings. The summed E-state index contributed by atoms with van der Waals surface area (Å²) in [6.07, 6.45) is 1.06. The molecule has 0 saturated heterocycles. The minimum absolute atomic E-state index is 0.00405. The highest BCUT2D eigenvalue weighted by molar-refractivity contribution is 6.30. The third kappa shape index (κ3) is 4.72. The first-order valence-corrected chi connectivity index (χ1v) is 9.70. The molecule has 2 N–H and O–H groups in total. The highest BCUT2D eigenvalue weighted by Crippen LogP contribution is 2.45. The topological polar surface area (TPSA) is 75.6 Å². The number of carbonyl (C=O) groups is 2. The lowest BCUT2D eigenvalue weighted by atomic mass is 10.0. The highest BCUT2D eigenvalue weighted by atomic mass is 35.5. The molecule has 5 nitrogen and oxygen atoms in total. The lowest BCUT2D eigenvalue weighted by molar-refractivity contribution is -0.137. The van der Waals surface area contributed by atoms with E-state index in [4.69, 9.17) is 21.4 Å². The van der Waals surface area contributed by atoms with Gasteiger partial charge in [-0.05, 0) is 54.2 Å². The van der Waals surface area contributed by atoms with E-state index in [-0.39, 0.29) is 17.4 Å². The minimum Gasteiger partial charge on any atom is -0.478 e. The number of nitrogens with one attached hydrogen (secondary N) is 1. The van der Waals surface area contributed by atoms with Gasteiger partial charge in [-0.2, -0.15) is 0 Å². The Labute approximate surface area is 169 Å². The number of ether oxygens (including phenoxy) is 1. The molecular weight excluding hydrogens is 378 g/mol. The number of aromatic carboxylic acids is 1. The van der Waals surface area contributed by atoms with Crippen LogP contribution in [-0.4, -0.2) is 23.1 Å². The van der Waals surface area contributed by atoms with E-state index in [2.05, 4.69) is 5.32 Å². The first kappa shape index (κ1) is 20.4. The van der Waals surface area contributed by atoms with Gasteiger partial charge in [0, 0.05) is 5.02 Å². The van der Waals surface area contributed by atoms with Crippen LogP contribution in [0.25, 0.3) is 0 Å². The molecule has 2 aromatic rings. The zero-order chi connectivity index (χ0) is 20.3. The number of carboxylic acids is 1. The van der Waals surface area contributed by atoms with Gasteiger partial charge in [0.05, 0.1) is 17.7 Å². The van der Waals surface area contributed by atoms with Crippen LogP contribution in [0, 0.1) is 5.92 Å². The summed E-state index contributed by atoms with van der Waals surface area (Å²) >= 11 is 6.01. The van der Waals surface area contributed by atoms with Crippen LogP contribution in [0.4, 0.5) is 0 Å². The molecule has 1 unspecified atom stereocenters. The second-order valence-corrected chi connectivity index (χ2v) is 8.00. The molecule has 148 valence electrons. The van der Waals surface area contributed by atoms with Gasteiger partial charge in [0.2, 0.25) is 5.91 Å².